The Morgan fingerprint density at radius 3 is 2.25 bits per heavy atom. The summed E-state index contributed by atoms with van der Waals surface area (Å²) in [5.74, 6) is 0.248. The number of aryl methyl sites for hydroxylation is 1. The molecule has 0 bridgehead atoms. The quantitative estimate of drug-likeness (QED) is 0.679. The maximum atomic E-state index is 12.6. The highest BCUT2D eigenvalue weighted by Crippen LogP contribution is 2.30. The van der Waals surface area contributed by atoms with Gasteiger partial charge in [-0.25, -0.2) is 0 Å². The second-order valence-corrected chi connectivity index (χ2v) is 7.11. The number of rotatable bonds is 5. The Morgan fingerprint density at radius 2 is 1.54 bits per heavy atom. The number of carbonyl (C=O) groups excluding carboxylic acids is 1. The maximum Gasteiger partial charge on any atom is 0.223 e. The molecule has 1 aliphatic heterocycles. The first-order valence-electron chi connectivity index (χ1n) is 9.87. The normalized spacial score (nSPS) is 14.1. The molecular weight excluding hydrogens is 346 g/mol. The largest absolute Gasteiger partial charge is 0.366 e. The van der Waals surface area contributed by atoms with Crippen LogP contribution in [0.5, 0.6) is 0 Å². The molecule has 0 radical (unpaired) electrons. The van der Waals surface area contributed by atoms with E-state index in [1.54, 1.807) is 0 Å². The van der Waals surface area contributed by atoms with Crippen LogP contribution in [0.4, 0.5) is 5.69 Å². The highest BCUT2D eigenvalue weighted by atomic mass is 16.2. The van der Waals surface area contributed by atoms with Crippen molar-refractivity contribution < 1.29 is 4.79 Å². The maximum absolute atomic E-state index is 12.6. The molecule has 3 aromatic rings. The molecule has 1 aliphatic rings. The van der Waals surface area contributed by atoms with Crippen LogP contribution in [-0.2, 0) is 11.2 Å². The standard InChI is InChI=1S/C24H25N3O/c28-24(12-11-20-7-3-1-4-8-20)27-17-15-26(16-18-27)23-19-25-14-13-22(23)21-9-5-2-6-10-21/h1-10,13-14,19H,11-12,15-18H2. The zero-order chi connectivity index (χ0) is 19.2. The summed E-state index contributed by atoms with van der Waals surface area (Å²) in [6.07, 6.45) is 5.16. The molecule has 2 heterocycles. The predicted octanol–water partition coefficient (Wildman–Crippen LogP) is 4.03. The molecule has 0 atom stereocenters. The molecule has 2 aromatic carbocycles. The van der Waals surface area contributed by atoms with Gasteiger partial charge in [-0.1, -0.05) is 60.7 Å². The first kappa shape index (κ1) is 18.2. The second-order valence-electron chi connectivity index (χ2n) is 7.11. The summed E-state index contributed by atoms with van der Waals surface area (Å²) in [6, 6.07) is 22.7. The third kappa shape index (κ3) is 4.22. The van der Waals surface area contributed by atoms with Crippen molar-refractivity contribution in [3.63, 3.8) is 0 Å². The summed E-state index contributed by atoms with van der Waals surface area (Å²) in [7, 11) is 0. The monoisotopic (exact) mass is 371 g/mol. The van der Waals surface area contributed by atoms with Gasteiger partial charge in [-0.15, -0.1) is 0 Å². The third-order valence-corrected chi connectivity index (χ3v) is 5.33. The van der Waals surface area contributed by atoms with Crippen LogP contribution in [0.3, 0.4) is 0 Å². The van der Waals surface area contributed by atoms with Crippen LogP contribution in [0.1, 0.15) is 12.0 Å². The Bertz CT molecular complexity index is 903. The van der Waals surface area contributed by atoms with Gasteiger partial charge in [-0.2, -0.15) is 0 Å². The van der Waals surface area contributed by atoms with Crippen LogP contribution in [0, 0.1) is 0 Å². The minimum Gasteiger partial charge on any atom is -0.366 e. The molecule has 1 fully saturated rings. The molecule has 4 rings (SSSR count). The first-order valence-corrected chi connectivity index (χ1v) is 9.87. The molecule has 28 heavy (non-hydrogen) atoms. The molecule has 1 saturated heterocycles. The number of hydrogen-bond donors (Lipinski definition) is 0. The lowest BCUT2D eigenvalue weighted by Crippen LogP contribution is -2.49. The Balaban J connectivity index is 1.38. The van der Waals surface area contributed by atoms with Crippen molar-refractivity contribution in [1.82, 2.24) is 9.88 Å². The average Bonchev–Trinajstić information content (AvgIpc) is 2.79. The van der Waals surface area contributed by atoms with Crippen molar-refractivity contribution in [3.05, 3.63) is 84.7 Å². The van der Waals surface area contributed by atoms with E-state index in [9.17, 15) is 4.79 Å². The van der Waals surface area contributed by atoms with E-state index in [-0.39, 0.29) is 5.91 Å². The van der Waals surface area contributed by atoms with E-state index >= 15 is 0 Å². The van der Waals surface area contributed by atoms with Gasteiger partial charge in [0.1, 0.15) is 0 Å². The van der Waals surface area contributed by atoms with E-state index in [0.29, 0.717) is 6.42 Å². The van der Waals surface area contributed by atoms with Crippen molar-refractivity contribution in [2.24, 2.45) is 0 Å². The number of piperazine rings is 1. The Morgan fingerprint density at radius 1 is 0.857 bits per heavy atom. The van der Waals surface area contributed by atoms with Gasteiger partial charge in [0.15, 0.2) is 0 Å². The third-order valence-electron chi connectivity index (χ3n) is 5.33. The van der Waals surface area contributed by atoms with Crippen LogP contribution < -0.4 is 4.90 Å². The summed E-state index contributed by atoms with van der Waals surface area (Å²) in [4.78, 5) is 21.3. The van der Waals surface area contributed by atoms with E-state index in [1.165, 1.54) is 16.7 Å². The Hall–Kier alpha value is -3.14. The first-order chi connectivity index (χ1) is 13.8. The number of carbonyl (C=O) groups is 1. The number of amides is 1. The number of hydrogen-bond acceptors (Lipinski definition) is 3. The predicted molar refractivity (Wildman–Crippen MR) is 113 cm³/mol. The molecule has 1 amide bonds. The Kier molecular flexibility index (Phi) is 5.66. The van der Waals surface area contributed by atoms with Crippen molar-refractivity contribution >= 4 is 11.6 Å². The number of anilines is 1. The summed E-state index contributed by atoms with van der Waals surface area (Å²) in [6.45, 7) is 3.19. The van der Waals surface area contributed by atoms with Gasteiger partial charge in [-0.3, -0.25) is 9.78 Å². The number of benzene rings is 2. The fourth-order valence-electron chi connectivity index (χ4n) is 3.75. The van der Waals surface area contributed by atoms with Gasteiger partial charge in [-0.05, 0) is 23.6 Å². The van der Waals surface area contributed by atoms with E-state index in [2.05, 4.69) is 52.3 Å². The van der Waals surface area contributed by atoms with Crippen LogP contribution in [0.25, 0.3) is 11.1 Å². The molecule has 4 heteroatoms. The number of pyridine rings is 1. The van der Waals surface area contributed by atoms with Crippen LogP contribution in [0.2, 0.25) is 0 Å². The fourth-order valence-corrected chi connectivity index (χ4v) is 3.75. The van der Waals surface area contributed by atoms with Crippen molar-refractivity contribution in [3.8, 4) is 11.1 Å². The minimum atomic E-state index is 0.248. The lowest BCUT2D eigenvalue weighted by Gasteiger charge is -2.37. The highest BCUT2D eigenvalue weighted by Gasteiger charge is 2.22. The molecule has 0 spiro atoms. The summed E-state index contributed by atoms with van der Waals surface area (Å²) in [5.41, 5.74) is 4.75. The van der Waals surface area contributed by atoms with Gasteiger partial charge in [0.2, 0.25) is 5.91 Å². The molecule has 0 N–H and O–H groups in total. The highest BCUT2D eigenvalue weighted by molar-refractivity contribution is 5.79. The van der Waals surface area contributed by atoms with E-state index < -0.39 is 0 Å². The van der Waals surface area contributed by atoms with E-state index in [4.69, 9.17) is 0 Å². The molecule has 0 saturated carbocycles. The van der Waals surface area contributed by atoms with Gasteiger partial charge in [0.05, 0.1) is 11.9 Å². The van der Waals surface area contributed by atoms with Crippen LogP contribution in [-0.4, -0.2) is 42.0 Å². The summed E-state index contributed by atoms with van der Waals surface area (Å²) >= 11 is 0. The molecular formula is C24H25N3O. The molecule has 4 nitrogen and oxygen atoms in total. The van der Waals surface area contributed by atoms with Crippen molar-refractivity contribution in [1.29, 1.82) is 0 Å². The second kappa shape index (κ2) is 8.70. The van der Waals surface area contributed by atoms with E-state index in [0.717, 1.165) is 38.3 Å². The minimum absolute atomic E-state index is 0.248. The van der Waals surface area contributed by atoms with Crippen molar-refractivity contribution in [2.45, 2.75) is 12.8 Å². The summed E-state index contributed by atoms with van der Waals surface area (Å²) in [5, 5.41) is 0. The van der Waals surface area contributed by atoms with Gasteiger partial charge >= 0.3 is 0 Å². The van der Waals surface area contributed by atoms with Crippen molar-refractivity contribution in [2.75, 3.05) is 31.1 Å². The van der Waals surface area contributed by atoms with Gasteiger partial charge in [0, 0.05) is 44.4 Å². The smallest absolute Gasteiger partial charge is 0.223 e. The summed E-state index contributed by atoms with van der Waals surface area (Å²) < 4.78 is 0. The van der Waals surface area contributed by atoms with Gasteiger partial charge in [0.25, 0.3) is 0 Å². The lowest BCUT2D eigenvalue weighted by molar-refractivity contribution is -0.131. The number of nitrogens with zero attached hydrogens (tertiary/aromatic N) is 3. The zero-order valence-corrected chi connectivity index (χ0v) is 16.0. The lowest BCUT2D eigenvalue weighted by atomic mass is 10.0. The topological polar surface area (TPSA) is 36.4 Å². The average molecular weight is 371 g/mol. The molecule has 1 aromatic heterocycles. The SMILES string of the molecule is O=C(CCc1ccccc1)N1CCN(c2cnccc2-c2ccccc2)CC1. The molecule has 142 valence electrons. The van der Waals surface area contributed by atoms with Crippen LogP contribution >= 0.6 is 0 Å². The number of aromatic nitrogens is 1. The molecule has 0 unspecified atom stereocenters. The fraction of sp³-hybridized carbons (Fsp3) is 0.250. The molecule has 0 aliphatic carbocycles. The van der Waals surface area contributed by atoms with Crippen LogP contribution in [0.15, 0.2) is 79.1 Å². The van der Waals surface area contributed by atoms with E-state index in [1.807, 2.05) is 41.6 Å². The van der Waals surface area contributed by atoms with Gasteiger partial charge < -0.3 is 9.80 Å². The zero-order valence-electron chi connectivity index (χ0n) is 16.0. The Labute approximate surface area is 166 Å².